The zero-order valence-electron chi connectivity index (χ0n) is 20.9. The molecule has 0 radical (unpaired) electrons. The number of ether oxygens (including phenoxy) is 1. The van der Waals surface area contributed by atoms with E-state index < -0.39 is 12.1 Å². The van der Waals surface area contributed by atoms with E-state index in [9.17, 15) is 9.59 Å². The van der Waals surface area contributed by atoms with Crippen LogP contribution in [0.2, 0.25) is 0 Å². The fourth-order valence-corrected chi connectivity index (χ4v) is 3.81. The van der Waals surface area contributed by atoms with Crippen molar-refractivity contribution in [2.24, 2.45) is 17.2 Å². The largest absolute Gasteiger partial charge is 0.497 e. The molecule has 3 atom stereocenters. The minimum atomic E-state index is -0.680. The van der Waals surface area contributed by atoms with E-state index in [1.165, 1.54) is 0 Å². The maximum Gasteiger partial charge on any atom is 0.242 e. The second-order valence-electron chi connectivity index (χ2n) is 8.76. The molecule has 0 saturated heterocycles. The Morgan fingerprint density at radius 2 is 1.80 bits per heavy atom. The van der Waals surface area contributed by atoms with Crippen LogP contribution in [0.15, 0.2) is 30.5 Å². The maximum absolute atomic E-state index is 12.7. The van der Waals surface area contributed by atoms with Crippen LogP contribution in [0.5, 0.6) is 5.75 Å². The summed E-state index contributed by atoms with van der Waals surface area (Å²) in [6.45, 7) is 3.49. The first-order valence-corrected chi connectivity index (χ1v) is 12.3. The van der Waals surface area contributed by atoms with Crippen molar-refractivity contribution >= 4 is 28.4 Å². The van der Waals surface area contributed by atoms with Gasteiger partial charge in [0.25, 0.3) is 0 Å². The molecular weight excluding hydrogens is 446 g/mol. The van der Waals surface area contributed by atoms with Crippen LogP contribution in [0.25, 0.3) is 10.9 Å². The summed E-state index contributed by atoms with van der Waals surface area (Å²) in [4.78, 5) is 29.5. The lowest BCUT2D eigenvalue weighted by molar-refractivity contribution is -0.129. The van der Waals surface area contributed by atoms with Gasteiger partial charge in [0.05, 0.1) is 24.4 Å². The average Bonchev–Trinajstić information content (AvgIpc) is 2.87. The molecule has 1 aromatic heterocycles. The summed E-state index contributed by atoms with van der Waals surface area (Å²) < 4.78 is 5.41. The van der Waals surface area contributed by atoms with Gasteiger partial charge >= 0.3 is 0 Å². The molecule has 1 heterocycles. The predicted octanol–water partition coefficient (Wildman–Crippen LogP) is 1.23. The van der Waals surface area contributed by atoms with E-state index >= 15 is 0 Å². The van der Waals surface area contributed by atoms with Crippen molar-refractivity contribution in [3.8, 4) is 5.75 Å². The number of rotatable bonds is 16. The summed E-state index contributed by atoms with van der Waals surface area (Å²) >= 11 is 0. The number of methoxy groups -OCH3 is 1. The number of nitrogens with two attached hydrogens (primary N) is 3. The van der Waals surface area contributed by atoms with Crippen LogP contribution in [-0.2, 0) is 9.59 Å². The summed E-state index contributed by atoms with van der Waals surface area (Å²) in [6, 6.07) is 6.61. The lowest BCUT2D eigenvalue weighted by Gasteiger charge is -2.21. The molecule has 2 aromatic rings. The average molecular weight is 488 g/mol. The highest BCUT2D eigenvalue weighted by atomic mass is 16.5. The van der Waals surface area contributed by atoms with Gasteiger partial charge in [-0.15, -0.1) is 0 Å². The number of anilines is 1. The van der Waals surface area contributed by atoms with Gasteiger partial charge in [0.15, 0.2) is 0 Å². The molecule has 0 aliphatic carbocycles. The van der Waals surface area contributed by atoms with E-state index in [1.807, 2.05) is 24.3 Å². The highest BCUT2D eigenvalue weighted by Crippen LogP contribution is 2.28. The molecule has 9 N–H and O–H groups in total. The van der Waals surface area contributed by atoms with Crippen LogP contribution in [0.4, 0.5) is 5.69 Å². The molecule has 1 unspecified atom stereocenters. The molecule has 0 saturated carbocycles. The molecule has 2 amide bonds. The number of carbonyl (C=O) groups is 2. The fourth-order valence-electron chi connectivity index (χ4n) is 3.81. The van der Waals surface area contributed by atoms with Gasteiger partial charge in [0, 0.05) is 30.2 Å². The normalized spacial score (nSPS) is 13.6. The van der Waals surface area contributed by atoms with Crippen LogP contribution in [0.3, 0.4) is 0 Å². The van der Waals surface area contributed by atoms with Crippen molar-refractivity contribution in [2.45, 2.75) is 63.6 Å². The fraction of sp³-hybridized carbons (Fsp3) is 0.560. The summed E-state index contributed by atoms with van der Waals surface area (Å²) in [5, 5.41) is 10.2. The van der Waals surface area contributed by atoms with Crippen LogP contribution in [-0.4, -0.2) is 61.7 Å². The van der Waals surface area contributed by atoms with Crippen molar-refractivity contribution in [2.75, 3.05) is 32.1 Å². The highest BCUT2D eigenvalue weighted by Gasteiger charge is 2.23. The zero-order chi connectivity index (χ0) is 25.6. The van der Waals surface area contributed by atoms with Crippen molar-refractivity contribution < 1.29 is 14.3 Å². The first kappa shape index (κ1) is 28.3. The van der Waals surface area contributed by atoms with Gasteiger partial charge in [0.1, 0.15) is 11.8 Å². The van der Waals surface area contributed by atoms with E-state index in [2.05, 4.69) is 27.9 Å². The first-order valence-electron chi connectivity index (χ1n) is 12.3. The molecule has 0 bridgehead atoms. The van der Waals surface area contributed by atoms with E-state index in [0.29, 0.717) is 45.3 Å². The molecule has 35 heavy (non-hydrogen) atoms. The molecule has 0 spiro atoms. The third-order valence-electron chi connectivity index (χ3n) is 5.82. The molecule has 0 fully saturated rings. The quantitative estimate of drug-likeness (QED) is 0.192. The molecule has 2 rings (SSSR count). The Hall–Kier alpha value is -2.95. The number of benzene rings is 1. The van der Waals surface area contributed by atoms with Crippen molar-refractivity contribution in [3.63, 3.8) is 0 Å². The molecule has 194 valence electrons. The minimum absolute atomic E-state index is 0.150. The van der Waals surface area contributed by atoms with Crippen molar-refractivity contribution in [1.29, 1.82) is 0 Å². The number of amides is 2. The number of pyridine rings is 1. The summed E-state index contributed by atoms with van der Waals surface area (Å²) in [7, 11) is 1.64. The van der Waals surface area contributed by atoms with Gasteiger partial charge in [-0.05, 0) is 70.7 Å². The molecule has 10 heteroatoms. The van der Waals surface area contributed by atoms with Gasteiger partial charge in [-0.2, -0.15) is 0 Å². The number of nitrogens with one attached hydrogen (secondary N) is 3. The Bertz CT molecular complexity index is 940. The van der Waals surface area contributed by atoms with Crippen LogP contribution < -0.4 is 37.9 Å². The van der Waals surface area contributed by atoms with Gasteiger partial charge in [-0.25, -0.2) is 0 Å². The molecule has 10 nitrogen and oxygen atoms in total. The SMILES string of the molecule is COc1cc(NC(C)CCCNC(=O)[C@@H](CCCN)NC(=O)[C@H](N)CCCN)c2ncccc2c1. The maximum atomic E-state index is 12.7. The van der Waals surface area contributed by atoms with Gasteiger partial charge in [-0.3, -0.25) is 14.6 Å². The third-order valence-corrected chi connectivity index (χ3v) is 5.82. The standard InChI is InChI=1S/C25H41N7O3/c1-17(31-22-16-19(35-2)15-18-8-6-13-29-23(18)22)7-5-14-30-25(34)21(10-4-12-27)32-24(33)20(28)9-3-11-26/h6,8,13,15-17,20-21,31H,3-5,7,9-12,14,26-28H2,1-2H3,(H,30,34)(H,32,33)/t17?,20-,21-/m1/s1. The number of hydrogen-bond donors (Lipinski definition) is 6. The number of hydrogen-bond acceptors (Lipinski definition) is 8. The van der Waals surface area contributed by atoms with Gasteiger partial charge in [-0.1, -0.05) is 6.07 Å². The van der Waals surface area contributed by atoms with E-state index in [-0.39, 0.29) is 17.9 Å². The molecule has 0 aliphatic rings. The van der Waals surface area contributed by atoms with E-state index in [1.54, 1.807) is 13.3 Å². The van der Waals surface area contributed by atoms with Gasteiger partial charge < -0.3 is 37.9 Å². The summed E-state index contributed by atoms with van der Waals surface area (Å²) in [5.74, 6) is 0.203. The van der Waals surface area contributed by atoms with E-state index in [0.717, 1.165) is 35.2 Å². The lowest BCUT2D eigenvalue weighted by atomic mass is 10.1. The van der Waals surface area contributed by atoms with E-state index in [4.69, 9.17) is 21.9 Å². The van der Waals surface area contributed by atoms with Crippen molar-refractivity contribution in [1.82, 2.24) is 15.6 Å². The van der Waals surface area contributed by atoms with Gasteiger partial charge in [0.2, 0.25) is 11.8 Å². The monoisotopic (exact) mass is 487 g/mol. The van der Waals surface area contributed by atoms with Crippen LogP contribution in [0.1, 0.15) is 45.4 Å². The summed E-state index contributed by atoms with van der Waals surface area (Å²) in [6.07, 6.45) is 5.59. The van der Waals surface area contributed by atoms with Crippen LogP contribution >= 0.6 is 0 Å². The highest BCUT2D eigenvalue weighted by molar-refractivity contribution is 5.92. The second kappa shape index (κ2) is 15.1. The number of aromatic nitrogens is 1. The number of carbonyl (C=O) groups excluding carboxylic acids is 2. The summed E-state index contributed by atoms with van der Waals surface area (Å²) in [5.41, 5.74) is 18.8. The lowest BCUT2D eigenvalue weighted by Crippen LogP contribution is -2.52. The van der Waals surface area contributed by atoms with Crippen molar-refractivity contribution in [3.05, 3.63) is 30.5 Å². The minimum Gasteiger partial charge on any atom is -0.497 e. The predicted molar refractivity (Wildman–Crippen MR) is 140 cm³/mol. The van der Waals surface area contributed by atoms with Crippen LogP contribution in [0, 0.1) is 0 Å². The number of nitrogens with zero attached hydrogens (tertiary/aromatic N) is 1. The Balaban J connectivity index is 1.84. The molecule has 1 aromatic carbocycles. The Kier molecular flexibility index (Phi) is 12.2. The Labute approximate surface area is 207 Å². The third kappa shape index (κ3) is 9.31. The molecular formula is C25H41N7O3. The zero-order valence-corrected chi connectivity index (χ0v) is 20.9. The molecule has 0 aliphatic heterocycles. The second-order valence-corrected chi connectivity index (χ2v) is 8.76. The topological polar surface area (TPSA) is 170 Å². The first-order chi connectivity index (χ1) is 16.9. The Morgan fingerprint density at radius 3 is 2.51 bits per heavy atom. The Morgan fingerprint density at radius 1 is 1.06 bits per heavy atom. The number of fused-ring (bicyclic) bond motifs is 1. The smallest absolute Gasteiger partial charge is 0.242 e.